The Kier molecular flexibility index (Phi) is 4.09. The average Bonchev–Trinajstić information content (AvgIpc) is 2.88. The van der Waals surface area contributed by atoms with Gasteiger partial charge in [-0.15, -0.1) is 0 Å². The van der Waals surface area contributed by atoms with Gasteiger partial charge in [-0.05, 0) is 25.0 Å². The number of nitrogens with one attached hydrogen (secondary N) is 1. The summed E-state index contributed by atoms with van der Waals surface area (Å²) in [6.07, 6.45) is 1.77. The van der Waals surface area contributed by atoms with Gasteiger partial charge in [-0.1, -0.05) is 24.6 Å². The van der Waals surface area contributed by atoms with Gasteiger partial charge in [0.1, 0.15) is 0 Å². The summed E-state index contributed by atoms with van der Waals surface area (Å²) in [6.45, 7) is 0. The average molecular weight is 283 g/mol. The first kappa shape index (κ1) is 13.9. The second kappa shape index (κ2) is 5.61. The monoisotopic (exact) mass is 283 g/mol. The molecular weight excluding hydrogens is 266 g/mol. The van der Waals surface area contributed by atoms with E-state index in [2.05, 4.69) is 9.46 Å². The predicted molar refractivity (Wildman–Crippen MR) is 72.1 cm³/mol. The molecule has 0 aromatic heterocycles. The van der Waals surface area contributed by atoms with Gasteiger partial charge in [-0.2, -0.15) is 0 Å². The highest BCUT2D eigenvalue weighted by molar-refractivity contribution is 7.93. The number of carbonyl (C=O) groups is 1. The molecule has 1 aromatic carbocycles. The second-order valence-electron chi connectivity index (χ2n) is 4.61. The van der Waals surface area contributed by atoms with Gasteiger partial charge < -0.3 is 4.74 Å². The molecule has 1 saturated carbocycles. The van der Waals surface area contributed by atoms with Crippen molar-refractivity contribution < 1.29 is 17.9 Å². The number of sulfonamides is 1. The molecule has 0 spiro atoms. The van der Waals surface area contributed by atoms with Gasteiger partial charge >= 0.3 is 5.97 Å². The van der Waals surface area contributed by atoms with Crippen LogP contribution in [0.3, 0.4) is 0 Å². The van der Waals surface area contributed by atoms with Gasteiger partial charge in [-0.25, -0.2) is 8.42 Å². The molecule has 0 bridgehead atoms. The normalized spacial score (nSPS) is 23.0. The van der Waals surface area contributed by atoms with E-state index in [1.165, 1.54) is 7.11 Å². The molecule has 0 saturated heterocycles. The van der Waals surface area contributed by atoms with Crippen LogP contribution in [0.25, 0.3) is 0 Å². The SMILES string of the molecule is COC(=O)C1CCCC1S(=O)(=O)Nc1ccccc1. The summed E-state index contributed by atoms with van der Waals surface area (Å²) in [5.74, 6) is -1.01. The Morgan fingerprint density at radius 3 is 2.58 bits per heavy atom. The van der Waals surface area contributed by atoms with Gasteiger partial charge in [-0.3, -0.25) is 9.52 Å². The lowest BCUT2D eigenvalue weighted by Gasteiger charge is -2.19. The van der Waals surface area contributed by atoms with Gasteiger partial charge in [0.15, 0.2) is 0 Å². The standard InChI is InChI=1S/C13H17NO4S/c1-18-13(15)11-8-5-9-12(11)19(16,17)14-10-6-3-2-4-7-10/h2-4,6-7,11-12,14H,5,8-9H2,1H3. The zero-order chi connectivity index (χ0) is 13.9. The van der Waals surface area contributed by atoms with Crippen molar-refractivity contribution >= 4 is 21.7 Å². The highest BCUT2D eigenvalue weighted by Gasteiger charge is 2.42. The van der Waals surface area contributed by atoms with Crippen LogP contribution >= 0.6 is 0 Å². The highest BCUT2D eigenvalue weighted by Crippen LogP contribution is 2.32. The molecule has 2 atom stereocenters. The molecule has 1 aliphatic rings. The predicted octanol–water partition coefficient (Wildman–Crippen LogP) is 1.77. The van der Waals surface area contributed by atoms with Crippen LogP contribution < -0.4 is 4.72 Å². The summed E-state index contributed by atoms with van der Waals surface area (Å²) in [6, 6.07) is 8.68. The zero-order valence-corrected chi connectivity index (χ0v) is 11.5. The third-order valence-corrected chi connectivity index (χ3v) is 5.27. The number of rotatable bonds is 4. The second-order valence-corrected chi connectivity index (χ2v) is 6.51. The van der Waals surface area contributed by atoms with Gasteiger partial charge in [0.05, 0.1) is 18.3 Å². The molecule has 2 unspecified atom stereocenters. The van der Waals surface area contributed by atoms with Crippen molar-refractivity contribution in [1.82, 2.24) is 0 Å². The minimum absolute atomic E-state index is 0.444. The molecule has 1 aliphatic carbocycles. The fraction of sp³-hybridized carbons (Fsp3) is 0.462. The van der Waals surface area contributed by atoms with E-state index in [4.69, 9.17) is 0 Å². The third kappa shape index (κ3) is 3.07. The van der Waals surface area contributed by atoms with Crippen LogP contribution in [-0.2, 0) is 19.6 Å². The lowest BCUT2D eigenvalue weighted by Crippen LogP contribution is -2.35. The fourth-order valence-electron chi connectivity index (χ4n) is 2.46. The van der Waals surface area contributed by atoms with Crippen molar-refractivity contribution in [3.8, 4) is 0 Å². The molecule has 0 heterocycles. The molecule has 0 aliphatic heterocycles. The van der Waals surface area contributed by atoms with Crippen molar-refractivity contribution in [3.63, 3.8) is 0 Å². The first-order chi connectivity index (χ1) is 9.04. The number of benzene rings is 1. The molecule has 2 rings (SSSR count). The number of hydrogen-bond donors (Lipinski definition) is 1. The Morgan fingerprint density at radius 1 is 1.26 bits per heavy atom. The molecule has 0 amide bonds. The Bertz CT molecular complexity index is 541. The Hall–Kier alpha value is -1.56. The summed E-state index contributed by atoms with van der Waals surface area (Å²) in [7, 11) is -2.28. The fourth-order valence-corrected chi connectivity index (χ4v) is 4.24. The number of hydrogen-bond acceptors (Lipinski definition) is 4. The van der Waals surface area contributed by atoms with E-state index in [9.17, 15) is 13.2 Å². The maximum absolute atomic E-state index is 12.3. The van der Waals surface area contributed by atoms with Crippen LogP contribution in [-0.4, -0.2) is 26.7 Å². The number of ether oxygens (including phenoxy) is 1. The number of para-hydroxylation sites is 1. The maximum Gasteiger partial charge on any atom is 0.310 e. The van der Waals surface area contributed by atoms with Gasteiger partial charge in [0.25, 0.3) is 0 Å². The quantitative estimate of drug-likeness (QED) is 0.855. The molecule has 0 radical (unpaired) electrons. The molecule has 19 heavy (non-hydrogen) atoms. The maximum atomic E-state index is 12.3. The molecular formula is C13H17NO4S. The van der Waals surface area contributed by atoms with Crippen molar-refractivity contribution in [2.45, 2.75) is 24.5 Å². The first-order valence-corrected chi connectivity index (χ1v) is 7.74. The number of methoxy groups -OCH3 is 1. The Morgan fingerprint density at radius 2 is 1.95 bits per heavy atom. The number of anilines is 1. The summed E-state index contributed by atoms with van der Waals surface area (Å²) in [5, 5.41) is -0.708. The van der Waals surface area contributed by atoms with Crippen molar-refractivity contribution in [2.75, 3.05) is 11.8 Å². The molecule has 5 nitrogen and oxygen atoms in total. The number of esters is 1. The van der Waals surface area contributed by atoms with Crippen LogP contribution in [0.4, 0.5) is 5.69 Å². The number of carbonyl (C=O) groups excluding carboxylic acids is 1. The van der Waals surface area contributed by atoms with Crippen LogP contribution in [0.5, 0.6) is 0 Å². The molecule has 6 heteroatoms. The van der Waals surface area contributed by atoms with E-state index in [1.54, 1.807) is 24.3 Å². The first-order valence-electron chi connectivity index (χ1n) is 6.19. The minimum atomic E-state index is -3.57. The van der Waals surface area contributed by atoms with E-state index in [0.717, 1.165) is 6.42 Å². The van der Waals surface area contributed by atoms with Crippen molar-refractivity contribution in [2.24, 2.45) is 5.92 Å². The van der Waals surface area contributed by atoms with E-state index >= 15 is 0 Å². The van der Waals surface area contributed by atoms with Gasteiger partial charge in [0.2, 0.25) is 10.0 Å². The van der Waals surface area contributed by atoms with Crippen molar-refractivity contribution in [3.05, 3.63) is 30.3 Å². The largest absolute Gasteiger partial charge is 0.469 e. The summed E-state index contributed by atoms with van der Waals surface area (Å²) < 4.78 is 31.8. The third-order valence-electron chi connectivity index (χ3n) is 3.39. The summed E-state index contributed by atoms with van der Waals surface area (Å²) in [4.78, 5) is 11.6. The van der Waals surface area contributed by atoms with E-state index in [-0.39, 0.29) is 0 Å². The zero-order valence-electron chi connectivity index (χ0n) is 10.7. The molecule has 1 fully saturated rings. The lowest BCUT2D eigenvalue weighted by atomic mass is 10.1. The lowest BCUT2D eigenvalue weighted by molar-refractivity contribution is -0.145. The van der Waals surface area contributed by atoms with Crippen LogP contribution in [0, 0.1) is 5.92 Å². The summed E-state index contributed by atoms with van der Waals surface area (Å²) in [5.41, 5.74) is 0.512. The van der Waals surface area contributed by atoms with E-state index < -0.39 is 27.2 Å². The Labute approximate surface area is 113 Å². The van der Waals surface area contributed by atoms with Crippen LogP contribution in [0.2, 0.25) is 0 Å². The highest BCUT2D eigenvalue weighted by atomic mass is 32.2. The van der Waals surface area contributed by atoms with Crippen molar-refractivity contribution in [1.29, 1.82) is 0 Å². The smallest absolute Gasteiger partial charge is 0.310 e. The van der Waals surface area contributed by atoms with Crippen LogP contribution in [0.15, 0.2) is 30.3 Å². The van der Waals surface area contributed by atoms with E-state index in [1.807, 2.05) is 6.07 Å². The molecule has 1 N–H and O–H groups in total. The molecule has 104 valence electrons. The Balaban J connectivity index is 2.17. The van der Waals surface area contributed by atoms with E-state index in [0.29, 0.717) is 18.5 Å². The topological polar surface area (TPSA) is 72.5 Å². The van der Waals surface area contributed by atoms with Gasteiger partial charge in [0, 0.05) is 5.69 Å². The van der Waals surface area contributed by atoms with Crippen LogP contribution in [0.1, 0.15) is 19.3 Å². The molecule has 1 aromatic rings. The minimum Gasteiger partial charge on any atom is -0.469 e. The summed E-state index contributed by atoms with van der Waals surface area (Å²) >= 11 is 0.